The van der Waals surface area contributed by atoms with Gasteiger partial charge in [-0.05, 0) is 41.5 Å². The van der Waals surface area contributed by atoms with Gasteiger partial charge >= 0.3 is 12.1 Å². The van der Waals surface area contributed by atoms with Crippen LogP contribution in [0.4, 0.5) is 4.79 Å². The van der Waals surface area contributed by atoms with E-state index in [1.807, 2.05) is 36.4 Å². The minimum absolute atomic E-state index is 0.0260. The van der Waals surface area contributed by atoms with E-state index in [1.54, 1.807) is 6.92 Å². The number of methoxy groups -OCH3 is 1. The Morgan fingerprint density at radius 2 is 1.74 bits per heavy atom. The Morgan fingerprint density at radius 1 is 1.12 bits per heavy atom. The van der Waals surface area contributed by atoms with Crippen LogP contribution in [-0.2, 0) is 19.1 Å². The number of carboxylic acid groups (broad SMARTS) is 1. The zero-order chi connectivity index (χ0) is 24.0. The number of carbonyl (C=O) groups excluding carboxylic acids is 2. The molecule has 3 aliphatic rings. The zero-order valence-electron chi connectivity index (χ0n) is 19.2. The molecule has 2 amide bonds. The molecular weight excluding hydrogens is 436 g/mol. The highest BCUT2D eigenvalue weighted by Gasteiger charge is 2.66. The lowest BCUT2D eigenvalue weighted by molar-refractivity contribution is -0.144. The first-order valence-corrected chi connectivity index (χ1v) is 11.5. The van der Waals surface area contributed by atoms with Gasteiger partial charge in [0, 0.05) is 26.1 Å². The Labute approximate surface area is 197 Å². The molecule has 1 saturated carbocycles. The number of carboxylic acids is 1. The van der Waals surface area contributed by atoms with Crippen molar-refractivity contribution in [3.63, 3.8) is 0 Å². The summed E-state index contributed by atoms with van der Waals surface area (Å²) in [5, 5.41) is 12.2. The van der Waals surface area contributed by atoms with Gasteiger partial charge in [-0.15, -0.1) is 0 Å². The maximum absolute atomic E-state index is 13.2. The van der Waals surface area contributed by atoms with E-state index in [9.17, 15) is 19.5 Å². The summed E-state index contributed by atoms with van der Waals surface area (Å²) < 4.78 is 10.9. The molecule has 2 aromatic carbocycles. The summed E-state index contributed by atoms with van der Waals surface area (Å²) >= 11 is 0. The second-order valence-corrected chi connectivity index (χ2v) is 9.47. The number of alkyl carbamates (subject to hydrolysis) is 1. The molecule has 0 spiro atoms. The number of nitrogens with one attached hydrogen (secondary N) is 1. The number of hydrogen-bond donors (Lipinski definition) is 2. The Kier molecular flexibility index (Phi) is 5.56. The summed E-state index contributed by atoms with van der Waals surface area (Å²) in [7, 11) is 1.46. The molecule has 5 rings (SSSR count). The Morgan fingerprint density at radius 3 is 2.29 bits per heavy atom. The average molecular weight is 465 g/mol. The second kappa shape index (κ2) is 8.43. The van der Waals surface area contributed by atoms with Crippen molar-refractivity contribution in [3.8, 4) is 11.1 Å². The van der Waals surface area contributed by atoms with Crippen molar-refractivity contribution in [2.45, 2.75) is 31.4 Å². The smallest absolute Gasteiger partial charge is 0.407 e. The van der Waals surface area contributed by atoms with E-state index in [-0.39, 0.29) is 30.9 Å². The molecule has 2 N–H and O–H groups in total. The van der Waals surface area contributed by atoms with E-state index < -0.39 is 29.6 Å². The van der Waals surface area contributed by atoms with Crippen LogP contribution in [-0.4, -0.2) is 66.9 Å². The third-order valence-electron chi connectivity index (χ3n) is 7.61. The van der Waals surface area contributed by atoms with Gasteiger partial charge in [0.15, 0.2) is 0 Å². The number of benzene rings is 2. The molecule has 2 aromatic rings. The fraction of sp³-hybridized carbons (Fsp3) is 0.423. The van der Waals surface area contributed by atoms with Crippen LogP contribution in [0, 0.1) is 11.3 Å². The number of rotatable bonds is 7. The summed E-state index contributed by atoms with van der Waals surface area (Å²) in [5.74, 6) is -1.33. The van der Waals surface area contributed by atoms with Gasteiger partial charge in [0.2, 0.25) is 5.91 Å². The summed E-state index contributed by atoms with van der Waals surface area (Å²) in [6, 6.07) is 15.2. The monoisotopic (exact) mass is 464 g/mol. The normalized spacial score (nSPS) is 23.9. The number of piperidine rings is 1. The van der Waals surface area contributed by atoms with Gasteiger partial charge in [-0.3, -0.25) is 9.59 Å². The SMILES string of the molecule is COC(C)C(NC(=O)OCC1c2ccccc2-c2ccccc21)C(=O)N1CC2CC2(C(=O)O)C1. The van der Waals surface area contributed by atoms with Gasteiger partial charge in [0.05, 0.1) is 11.5 Å². The number of carbonyl (C=O) groups is 3. The van der Waals surface area contributed by atoms with E-state index >= 15 is 0 Å². The lowest BCUT2D eigenvalue weighted by atomic mass is 9.98. The summed E-state index contributed by atoms with van der Waals surface area (Å²) in [6.45, 7) is 2.36. The van der Waals surface area contributed by atoms with E-state index in [0.717, 1.165) is 22.3 Å². The van der Waals surface area contributed by atoms with Gasteiger partial charge < -0.3 is 24.8 Å². The number of aliphatic carboxylic acids is 1. The largest absolute Gasteiger partial charge is 0.481 e. The van der Waals surface area contributed by atoms with Gasteiger partial charge in [-0.1, -0.05) is 48.5 Å². The Bertz CT molecular complexity index is 1100. The van der Waals surface area contributed by atoms with E-state index in [4.69, 9.17) is 9.47 Å². The minimum Gasteiger partial charge on any atom is -0.481 e. The topological polar surface area (TPSA) is 105 Å². The first kappa shape index (κ1) is 22.4. The summed E-state index contributed by atoms with van der Waals surface area (Å²) in [4.78, 5) is 39.1. The van der Waals surface area contributed by atoms with Crippen molar-refractivity contribution in [2.75, 3.05) is 26.8 Å². The number of likely N-dealkylation sites (tertiary alicyclic amines) is 1. The van der Waals surface area contributed by atoms with Crippen molar-refractivity contribution >= 4 is 18.0 Å². The summed E-state index contributed by atoms with van der Waals surface area (Å²) in [6.07, 6.45) is -0.719. The van der Waals surface area contributed by atoms with Crippen molar-refractivity contribution in [2.24, 2.45) is 11.3 Å². The van der Waals surface area contributed by atoms with Gasteiger partial charge in [0.1, 0.15) is 12.6 Å². The predicted molar refractivity (Wildman–Crippen MR) is 123 cm³/mol. The fourth-order valence-corrected chi connectivity index (χ4v) is 5.46. The molecule has 34 heavy (non-hydrogen) atoms. The average Bonchev–Trinajstić information content (AvgIpc) is 3.27. The molecule has 8 heteroatoms. The number of nitrogens with zero attached hydrogens (tertiary/aromatic N) is 1. The van der Waals surface area contributed by atoms with E-state index in [2.05, 4.69) is 17.4 Å². The molecule has 0 radical (unpaired) electrons. The molecule has 4 unspecified atom stereocenters. The van der Waals surface area contributed by atoms with Crippen LogP contribution in [0.3, 0.4) is 0 Å². The van der Waals surface area contributed by atoms with Crippen LogP contribution in [0.2, 0.25) is 0 Å². The van der Waals surface area contributed by atoms with Crippen molar-refractivity contribution in [3.05, 3.63) is 59.7 Å². The van der Waals surface area contributed by atoms with Crippen LogP contribution >= 0.6 is 0 Å². The van der Waals surface area contributed by atoms with Gasteiger partial charge in [-0.2, -0.15) is 0 Å². The molecule has 2 fully saturated rings. The molecular formula is C26H28N2O6. The van der Waals surface area contributed by atoms with Gasteiger partial charge in [0.25, 0.3) is 0 Å². The summed E-state index contributed by atoms with van der Waals surface area (Å²) in [5.41, 5.74) is 3.64. The molecule has 1 saturated heterocycles. The number of amides is 2. The van der Waals surface area contributed by atoms with Crippen molar-refractivity contribution < 1.29 is 29.0 Å². The molecule has 4 atom stereocenters. The fourth-order valence-electron chi connectivity index (χ4n) is 5.46. The van der Waals surface area contributed by atoms with Crippen LogP contribution < -0.4 is 5.32 Å². The molecule has 2 aliphatic carbocycles. The molecule has 8 nitrogen and oxygen atoms in total. The number of ether oxygens (including phenoxy) is 2. The highest BCUT2D eigenvalue weighted by Crippen LogP contribution is 2.58. The third kappa shape index (κ3) is 3.62. The maximum Gasteiger partial charge on any atom is 0.407 e. The molecule has 0 aromatic heterocycles. The molecule has 1 heterocycles. The lowest BCUT2D eigenvalue weighted by Gasteiger charge is -2.29. The Balaban J connectivity index is 1.26. The standard InChI is InChI=1S/C26H28N2O6/c1-15(33-2)22(23(29)28-12-16-11-26(16,14-28)24(30)31)27-25(32)34-13-21-19-9-5-3-7-17(19)18-8-4-6-10-20(18)21/h3-10,15-16,21-22H,11-14H2,1-2H3,(H,27,32)(H,30,31). The molecule has 0 bridgehead atoms. The van der Waals surface area contributed by atoms with Crippen LogP contribution in [0.5, 0.6) is 0 Å². The van der Waals surface area contributed by atoms with Gasteiger partial charge in [-0.25, -0.2) is 4.79 Å². The zero-order valence-corrected chi connectivity index (χ0v) is 19.2. The van der Waals surface area contributed by atoms with Crippen molar-refractivity contribution in [1.29, 1.82) is 0 Å². The maximum atomic E-state index is 13.2. The first-order valence-electron chi connectivity index (χ1n) is 11.5. The molecule has 178 valence electrons. The van der Waals surface area contributed by atoms with E-state index in [1.165, 1.54) is 12.0 Å². The predicted octanol–water partition coefficient (Wildman–Crippen LogP) is 2.86. The number of fused-ring (bicyclic) bond motifs is 4. The number of hydrogen-bond acceptors (Lipinski definition) is 5. The highest BCUT2D eigenvalue weighted by atomic mass is 16.5. The van der Waals surface area contributed by atoms with Crippen molar-refractivity contribution in [1.82, 2.24) is 10.2 Å². The quantitative estimate of drug-likeness (QED) is 0.653. The first-order chi connectivity index (χ1) is 16.4. The third-order valence-corrected chi connectivity index (χ3v) is 7.61. The lowest BCUT2D eigenvalue weighted by Crippen LogP contribution is -2.54. The minimum atomic E-state index is -0.969. The Hall–Kier alpha value is -3.39. The van der Waals surface area contributed by atoms with Crippen LogP contribution in [0.15, 0.2) is 48.5 Å². The second-order valence-electron chi connectivity index (χ2n) is 9.47. The van der Waals surface area contributed by atoms with Crippen LogP contribution in [0.1, 0.15) is 30.4 Å². The highest BCUT2D eigenvalue weighted by molar-refractivity contribution is 5.89. The molecule has 1 aliphatic heterocycles. The van der Waals surface area contributed by atoms with E-state index in [0.29, 0.717) is 13.0 Å². The van der Waals surface area contributed by atoms with Crippen LogP contribution in [0.25, 0.3) is 11.1 Å².